The molecule has 45 heavy (non-hydrogen) atoms. The number of hydrogen-bond donors (Lipinski definition) is 5. The molecule has 2 aliphatic heterocycles. The third kappa shape index (κ3) is 5.82. The average molecular weight is 663 g/mol. The number of hydrogen-bond acceptors (Lipinski definition) is 13. The van der Waals surface area contributed by atoms with Gasteiger partial charge in [-0.05, 0) is 23.3 Å². The van der Waals surface area contributed by atoms with E-state index in [0.717, 1.165) is 21.8 Å². The zero-order valence-corrected chi connectivity index (χ0v) is 25.4. The Kier molecular flexibility index (Phi) is 8.18. The molecule has 16 heteroatoms. The lowest BCUT2D eigenvalue weighted by atomic mass is 10.0. The van der Waals surface area contributed by atoms with Gasteiger partial charge in [0.05, 0.1) is 0 Å². The van der Waals surface area contributed by atoms with Crippen molar-refractivity contribution in [3.8, 4) is 34.0 Å². The van der Waals surface area contributed by atoms with Crippen LogP contribution in [0.2, 0.25) is 0 Å². The van der Waals surface area contributed by atoms with E-state index < -0.39 is 35.0 Å². The molecule has 2 aromatic heterocycles. The number of nitrogen functional groups attached to an aromatic ring is 1. The van der Waals surface area contributed by atoms with Crippen molar-refractivity contribution in [2.24, 2.45) is 0 Å². The number of carbonyl (C=O) groups is 4. The minimum Gasteiger partial charge on any atom is -0.504 e. The minimum atomic E-state index is -1.31. The number of ketones is 1. The van der Waals surface area contributed by atoms with Gasteiger partial charge >= 0.3 is 5.97 Å². The van der Waals surface area contributed by atoms with Gasteiger partial charge < -0.3 is 26.4 Å². The lowest BCUT2D eigenvalue weighted by molar-refractivity contribution is -0.150. The number of β-lactam (4-membered cyclic amide) rings is 1. The van der Waals surface area contributed by atoms with E-state index in [1.165, 1.54) is 41.0 Å². The Morgan fingerprint density at radius 3 is 2.53 bits per heavy atom. The number of aromatic nitrogens is 3. The molecule has 6 rings (SSSR count). The molecule has 1 saturated heterocycles. The van der Waals surface area contributed by atoms with Crippen molar-refractivity contribution in [1.29, 1.82) is 0 Å². The molecule has 0 aliphatic carbocycles. The highest BCUT2D eigenvalue weighted by atomic mass is 32.2. The topological polar surface area (TPSA) is 209 Å². The molecule has 1 fully saturated rings. The van der Waals surface area contributed by atoms with Crippen LogP contribution in [-0.4, -0.2) is 81.7 Å². The first-order valence-electron chi connectivity index (χ1n) is 13.2. The first kappa shape index (κ1) is 30.1. The molecule has 0 spiro atoms. The highest BCUT2D eigenvalue weighted by molar-refractivity contribution is 8.01. The smallest absolute Gasteiger partial charge is 0.352 e. The second kappa shape index (κ2) is 12.2. The Bertz CT molecular complexity index is 1900. The van der Waals surface area contributed by atoms with Crippen LogP contribution in [0.25, 0.3) is 22.5 Å². The molecule has 4 aromatic rings. The average Bonchev–Trinajstić information content (AvgIpc) is 3.49. The Balaban J connectivity index is 1.25. The third-order valence-electron chi connectivity index (χ3n) is 6.95. The lowest BCUT2D eigenvalue weighted by Crippen LogP contribution is -2.71. The lowest BCUT2D eigenvalue weighted by Gasteiger charge is -2.49. The van der Waals surface area contributed by atoms with Crippen LogP contribution in [0.1, 0.15) is 10.5 Å². The summed E-state index contributed by atoms with van der Waals surface area (Å²) in [5.74, 6) is -3.74. The van der Waals surface area contributed by atoms with Crippen molar-refractivity contribution in [1.82, 2.24) is 25.2 Å². The van der Waals surface area contributed by atoms with Gasteiger partial charge in [0.1, 0.15) is 27.8 Å². The Morgan fingerprint density at radius 1 is 1.07 bits per heavy atom. The Hall–Kier alpha value is -4.93. The third-order valence-corrected chi connectivity index (χ3v) is 10.0. The molecule has 13 nitrogen and oxygen atoms in total. The number of thiazole rings is 1. The number of benzene rings is 2. The van der Waals surface area contributed by atoms with Crippen LogP contribution in [-0.2, 0) is 14.4 Å². The van der Waals surface area contributed by atoms with Gasteiger partial charge in [0.15, 0.2) is 22.5 Å². The first-order valence-corrected chi connectivity index (χ1v) is 16.1. The Labute approximate surface area is 267 Å². The quantitative estimate of drug-likeness (QED) is 0.0437. The number of carboxylic acids is 1. The van der Waals surface area contributed by atoms with Gasteiger partial charge in [0, 0.05) is 34.2 Å². The number of nitrogens with zero attached hydrogens (tertiary/aromatic N) is 4. The summed E-state index contributed by atoms with van der Waals surface area (Å²) in [5.41, 5.74) is 7.50. The second-order valence-corrected chi connectivity index (χ2v) is 12.7. The summed E-state index contributed by atoms with van der Waals surface area (Å²) in [5, 5.41) is 33.7. The SMILES string of the molecule is Nc1nc(C(=O)C(=O)N[C@@H]2C(=O)N3C(C(=O)O)=C(CSc4nc(-c5ccccc5)ncc4-c4ccc(O)c(O)c4)CS[C@H]23)cs1. The summed E-state index contributed by atoms with van der Waals surface area (Å²) >= 11 is 3.50. The molecule has 2 aromatic carbocycles. The molecule has 2 aliphatic rings. The van der Waals surface area contributed by atoms with E-state index in [1.54, 1.807) is 12.3 Å². The van der Waals surface area contributed by atoms with Gasteiger partial charge in [-0.25, -0.2) is 19.7 Å². The molecule has 0 radical (unpaired) electrons. The number of carboxylic acid groups (broad SMARTS) is 1. The number of phenols is 2. The van der Waals surface area contributed by atoms with E-state index in [9.17, 15) is 34.5 Å². The maximum atomic E-state index is 13.1. The number of nitrogens with two attached hydrogens (primary N) is 1. The number of amides is 2. The van der Waals surface area contributed by atoms with Crippen molar-refractivity contribution >= 4 is 63.6 Å². The van der Waals surface area contributed by atoms with E-state index in [4.69, 9.17) is 10.7 Å². The number of thioether (sulfide) groups is 2. The molecule has 2 atom stereocenters. The van der Waals surface area contributed by atoms with Crippen LogP contribution < -0.4 is 11.1 Å². The normalized spacial score (nSPS) is 17.4. The largest absolute Gasteiger partial charge is 0.504 e. The number of carbonyl (C=O) groups excluding carboxylic acids is 3. The molecule has 6 N–H and O–H groups in total. The summed E-state index contributed by atoms with van der Waals surface area (Å²) in [6.07, 6.45) is 1.59. The number of aromatic hydroxyl groups is 2. The van der Waals surface area contributed by atoms with Crippen molar-refractivity contribution < 1.29 is 34.5 Å². The van der Waals surface area contributed by atoms with Crippen LogP contribution in [0.15, 0.2) is 76.4 Å². The number of rotatable bonds is 9. The molecular weight excluding hydrogens is 641 g/mol. The summed E-state index contributed by atoms with van der Waals surface area (Å²) in [6, 6.07) is 12.5. The maximum Gasteiger partial charge on any atom is 0.352 e. The van der Waals surface area contributed by atoms with Crippen molar-refractivity contribution in [2.45, 2.75) is 16.4 Å². The van der Waals surface area contributed by atoms with Gasteiger partial charge in [-0.15, -0.1) is 34.9 Å². The van der Waals surface area contributed by atoms with Gasteiger partial charge in [-0.2, -0.15) is 0 Å². The van der Waals surface area contributed by atoms with Crippen LogP contribution in [0.3, 0.4) is 0 Å². The van der Waals surface area contributed by atoms with Gasteiger partial charge in [-0.3, -0.25) is 19.3 Å². The second-order valence-electron chi connectivity index (χ2n) is 9.79. The van der Waals surface area contributed by atoms with Gasteiger partial charge in [0.2, 0.25) is 0 Å². The highest BCUT2D eigenvalue weighted by Gasteiger charge is 2.54. The van der Waals surface area contributed by atoms with Crippen LogP contribution >= 0.6 is 34.9 Å². The molecule has 4 heterocycles. The molecule has 228 valence electrons. The summed E-state index contributed by atoms with van der Waals surface area (Å²) in [7, 11) is 0. The highest BCUT2D eigenvalue weighted by Crippen LogP contribution is 2.43. The zero-order valence-electron chi connectivity index (χ0n) is 22.9. The van der Waals surface area contributed by atoms with Gasteiger partial charge in [-0.1, -0.05) is 36.4 Å². The van der Waals surface area contributed by atoms with Crippen LogP contribution in [0, 0.1) is 0 Å². The van der Waals surface area contributed by atoms with Crippen LogP contribution in [0.4, 0.5) is 5.13 Å². The Morgan fingerprint density at radius 2 is 1.84 bits per heavy atom. The minimum absolute atomic E-state index is 0.119. The van der Waals surface area contributed by atoms with Crippen molar-refractivity contribution in [3.63, 3.8) is 0 Å². The van der Waals surface area contributed by atoms with E-state index in [1.807, 2.05) is 30.3 Å². The number of phenolic OH excluding ortho intramolecular Hbond substituents is 2. The predicted molar refractivity (Wildman–Crippen MR) is 167 cm³/mol. The summed E-state index contributed by atoms with van der Waals surface area (Å²) < 4.78 is 0. The van der Waals surface area contributed by atoms with E-state index >= 15 is 0 Å². The standard InChI is InChI=1S/C29H22N6O7S3/c30-29-32-17(12-45-29)22(38)24(39)33-20-26(40)35-21(28(41)42)15(11-44-27(20)35)10-43-25-16(14-6-7-18(36)19(37)8-14)9-31-23(34-25)13-4-2-1-3-5-13/h1-9,12,20,27,36-37H,10-11H2,(H2,30,32)(H,33,39)(H,41,42)/t20-,27-/m1/s1. The fourth-order valence-electron chi connectivity index (χ4n) is 4.76. The van der Waals surface area contributed by atoms with Gasteiger partial charge in [0.25, 0.3) is 17.6 Å². The van der Waals surface area contributed by atoms with Crippen molar-refractivity contribution in [3.05, 3.63) is 77.1 Å². The van der Waals surface area contributed by atoms with E-state index in [2.05, 4.69) is 15.3 Å². The maximum absolute atomic E-state index is 13.1. The van der Waals surface area contributed by atoms with Crippen molar-refractivity contribution in [2.75, 3.05) is 17.2 Å². The number of nitrogens with one attached hydrogen (secondary N) is 1. The summed E-state index contributed by atoms with van der Waals surface area (Å²) in [6.45, 7) is 0. The molecule has 0 bridgehead atoms. The number of Topliss-reactive ketones (excluding diaryl/α,β-unsaturated/α-hetero) is 1. The molecule has 0 saturated carbocycles. The fourth-order valence-corrected chi connectivity index (χ4v) is 7.80. The first-order chi connectivity index (χ1) is 21.6. The number of fused-ring (bicyclic) bond motifs is 1. The number of aliphatic carboxylic acids is 1. The van der Waals surface area contributed by atoms with E-state index in [-0.39, 0.29) is 39.5 Å². The molecule has 2 amide bonds. The van der Waals surface area contributed by atoms with E-state index in [0.29, 0.717) is 27.6 Å². The zero-order chi connectivity index (χ0) is 31.8. The fraction of sp³-hybridized carbons (Fsp3) is 0.138. The number of anilines is 1. The molecular formula is C29H22N6O7S3. The monoisotopic (exact) mass is 662 g/mol. The summed E-state index contributed by atoms with van der Waals surface area (Å²) in [4.78, 5) is 64.6. The molecule has 0 unspecified atom stereocenters. The van der Waals surface area contributed by atoms with Crippen LogP contribution in [0.5, 0.6) is 11.5 Å². The predicted octanol–water partition coefficient (Wildman–Crippen LogP) is 2.97.